The Labute approximate surface area is 178 Å². The lowest BCUT2D eigenvalue weighted by Crippen LogP contribution is -2.42. The maximum Gasteiger partial charge on any atom is 0.191 e. The first-order valence-corrected chi connectivity index (χ1v) is 11.7. The van der Waals surface area contributed by atoms with E-state index in [4.69, 9.17) is 11.6 Å². The van der Waals surface area contributed by atoms with Crippen LogP contribution in [0.3, 0.4) is 0 Å². The Morgan fingerprint density at radius 2 is 1.93 bits per heavy atom. The summed E-state index contributed by atoms with van der Waals surface area (Å²) in [6.45, 7) is 8.50. The molecule has 1 unspecified atom stereocenters. The van der Waals surface area contributed by atoms with E-state index in [9.17, 15) is 8.42 Å². The Morgan fingerprint density at radius 3 is 2.48 bits per heavy atom. The second-order valence-corrected chi connectivity index (χ2v) is 10.9. The second-order valence-electron chi connectivity index (χ2n) is 7.63. The summed E-state index contributed by atoms with van der Waals surface area (Å²) in [5, 5.41) is 11.3. The highest BCUT2D eigenvalue weighted by Crippen LogP contribution is 2.20. The third-order valence-electron chi connectivity index (χ3n) is 4.46. The molecule has 0 saturated carbocycles. The van der Waals surface area contributed by atoms with E-state index in [1.807, 2.05) is 48.1 Å². The van der Waals surface area contributed by atoms with Crippen LogP contribution in [0.2, 0.25) is 5.02 Å². The maximum atomic E-state index is 12.3. The molecule has 0 spiro atoms. The van der Waals surface area contributed by atoms with Gasteiger partial charge in [-0.2, -0.15) is 5.10 Å². The van der Waals surface area contributed by atoms with Crippen LogP contribution < -0.4 is 10.6 Å². The Kier molecular flexibility index (Phi) is 8.10. The molecule has 0 radical (unpaired) electrons. The lowest BCUT2D eigenvalue weighted by Gasteiger charge is -2.20. The highest BCUT2D eigenvalue weighted by molar-refractivity contribution is 7.92. The predicted molar refractivity (Wildman–Crippen MR) is 119 cm³/mol. The molecule has 0 saturated heterocycles. The molecular weight excluding hydrogens is 410 g/mol. The van der Waals surface area contributed by atoms with E-state index in [1.54, 1.807) is 27.0 Å². The fourth-order valence-corrected chi connectivity index (χ4v) is 3.73. The van der Waals surface area contributed by atoms with Gasteiger partial charge in [-0.3, -0.25) is 9.67 Å². The fraction of sp³-hybridized carbons (Fsp3) is 0.500. The van der Waals surface area contributed by atoms with Crippen molar-refractivity contribution >= 4 is 27.4 Å². The zero-order chi connectivity index (χ0) is 21.5. The molecule has 0 bridgehead atoms. The van der Waals surface area contributed by atoms with Gasteiger partial charge in [-0.15, -0.1) is 0 Å². The monoisotopic (exact) mass is 439 g/mol. The number of guanidine groups is 1. The van der Waals surface area contributed by atoms with E-state index in [1.165, 1.54) is 0 Å². The van der Waals surface area contributed by atoms with E-state index in [0.29, 0.717) is 30.6 Å². The minimum Gasteiger partial charge on any atom is -0.357 e. The van der Waals surface area contributed by atoms with Crippen molar-refractivity contribution in [2.45, 2.75) is 38.5 Å². The summed E-state index contributed by atoms with van der Waals surface area (Å²) in [4.78, 5) is 4.66. The van der Waals surface area contributed by atoms with Crippen molar-refractivity contribution in [2.24, 2.45) is 4.99 Å². The molecule has 2 aromatic rings. The third kappa shape index (κ3) is 6.75. The van der Waals surface area contributed by atoms with Crippen molar-refractivity contribution in [3.63, 3.8) is 0 Å². The molecule has 1 heterocycles. The number of aromatic nitrogens is 2. The van der Waals surface area contributed by atoms with Crippen molar-refractivity contribution in [3.05, 3.63) is 53.3 Å². The average molecular weight is 440 g/mol. The number of aliphatic imine (C=N–C) groups is 1. The first-order valence-electron chi connectivity index (χ1n) is 9.63. The molecule has 0 amide bonds. The van der Waals surface area contributed by atoms with Crippen LogP contribution in [-0.4, -0.2) is 54.3 Å². The van der Waals surface area contributed by atoms with Gasteiger partial charge in [0.25, 0.3) is 0 Å². The van der Waals surface area contributed by atoms with Crippen LogP contribution in [0.1, 0.15) is 39.3 Å². The average Bonchev–Trinajstić information content (AvgIpc) is 3.16. The molecular formula is C20H30ClN5O2S. The number of nitrogens with one attached hydrogen (secondary N) is 2. The van der Waals surface area contributed by atoms with Crippen LogP contribution in [0.25, 0.3) is 0 Å². The van der Waals surface area contributed by atoms with Gasteiger partial charge in [0.15, 0.2) is 15.8 Å². The van der Waals surface area contributed by atoms with Crippen molar-refractivity contribution in [2.75, 3.05) is 25.4 Å². The zero-order valence-electron chi connectivity index (χ0n) is 17.4. The summed E-state index contributed by atoms with van der Waals surface area (Å²) in [5.41, 5.74) is 1.04. The summed E-state index contributed by atoms with van der Waals surface area (Å²) >= 11 is 6.02. The smallest absolute Gasteiger partial charge is 0.191 e. The summed E-state index contributed by atoms with van der Waals surface area (Å²) < 4.78 is 25.7. The van der Waals surface area contributed by atoms with Crippen molar-refractivity contribution in [1.82, 2.24) is 20.4 Å². The number of nitrogens with zero attached hydrogens (tertiary/aromatic N) is 3. The van der Waals surface area contributed by atoms with Gasteiger partial charge < -0.3 is 10.6 Å². The normalized spacial score (nSPS) is 13.9. The van der Waals surface area contributed by atoms with Crippen LogP contribution >= 0.6 is 11.6 Å². The van der Waals surface area contributed by atoms with E-state index in [2.05, 4.69) is 20.7 Å². The molecule has 0 aliphatic carbocycles. The molecule has 29 heavy (non-hydrogen) atoms. The summed E-state index contributed by atoms with van der Waals surface area (Å²) in [7, 11) is -3.19. The van der Waals surface area contributed by atoms with E-state index < -0.39 is 14.6 Å². The lowest BCUT2D eigenvalue weighted by molar-refractivity contribution is 0.531. The van der Waals surface area contributed by atoms with Crippen molar-refractivity contribution in [1.29, 1.82) is 0 Å². The van der Waals surface area contributed by atoms with Gasteiger partial charge in [0.05, 0.1) is 23.1 Å². The number of halogens is 1. The van der Waals surface area contributed by atoms with Gasteiger partial charge in [-0.05, 0) is 51.5 Å². The molecule has 1 aromatic heterocycles. The summed E-state index contributed by atoms with van der Waals surface area (Å²) in [5.74, 6) is 0.614. The molecule has 9 heteroatoms. The van der Waals surface area contributed by atoms with Crippen LogP contribution in [-0.2, 0) is 9.84 Å². The highest BCUT2D eigenvalue weighted by Gasteiger charge is 2.28. The number of hydrogen-bond donors (Lipinski definition) is 2. The largest absolute Gasteiger partial charge is 0.357 e. The molecule has 160 valence electrons. The number of rotatable bonds is 8. The van der Waals surface area contributed by atoms with E-state index >= 15 is 0 Å². The number of benzene rings is 1. The molecule has 1 aromatic carbocycles. The van der Waals surface area contributed by atoms with Crippen LogP contribution in [0.15, 0.2) is 47.7 Å². The van der Waals surface area contributed by atoms with E-state index in [0.717, 1.165) is 5.56 Å². The van der Waals surface area contributed by atoms with Crippen LogP contribution in [0.4, 0.5) is 0 Å². The quantitative estimate of drug-likeness (QED) is 0.487. The Balaban J connectivity index is 2.12. The lowest BCUT2D eigenvalue weighted by atomic mass is 10.1. The van der Waals surface area contributed by atoms with Gasteiger partial charge in [0, 0.05) is 30.5 Å². The Hall–Kier alpha value is -2.06. The molecule has 0 aliphatic rings. The molecule has 2 N–H and O–H groups in total. The molecule has 1 atom stereocenters. The predicted octanol–water partition coefficient (Wildman–Crippen LogP) is 2.89. The summed E-state index contributed by atoms with van der Waals surface area (Å²) in [6, 6.07) is 9.38. The number of sulfone groups is 1. The minimum atomic E-state index is -3.19. The van der Waals surface area contributed by atoms with Crippen LogP contribution in [0.5, 0.6) is 0 Å². The topological polar surface area (TPSA) is 88.4 Å². The standard InChI is InChI=1S/C20H30ClN5O2S/c1-5-22-19(23-12-14-29(27,28)20(2,3)4)24-15-18(26-13-6-11-25-26)16-7-9-17(21)10-8-16/h6-11,13,18H,5,12,14-15H2,1-4H3,(H2,22,23,24). The molecule has 2 rings (SSSR count). The van der Waals surface area contributed by atoms with Crippen LogP contribution in [0, 0.1) is 0 Å². The Morgan fingerprint density at radius 1 is 1.24 bits per heavy atom. The Bertz CT molecular complexity index is 888. The second kappa shape index (κ2) is 10.1. The SMILES string of the molecule is CCNC(=NCC(c1ccc(Cl)cc1)n1cccn1)NCCS(=O)(=O)C(C)(C)C. The summed E-state index contributed by atoms with van der Waals surface area (Å²) in [6.07, 6.45) is 3.62. The highest BCUT2D eigenvalue weighted by atomic mass is 35.5. The van der Waals surface area contributed by atoms with Gasteiger partial charge >= 0.3 is 0 Å². The molecule has 0 aliphatic heterocycles. The number of hydrogen-bond acceptors (Lipinski definition) is 4. The van der Waals surface area contributed by atoms with Gasteiger partial charge in [-0.1, -0.05) is 23.7 Å². The maximum absolute atomic E-state index is 12.3. The van der Waals surface area contributed by atoms with Gasteiger partial charge in [-0.25, -0.2) is 8.42 Å². The first-order chi connectivity index (χ1) is 13.6. The van der Waals surface area contributed by atoms with Gasteiger partial charge in [0.2, 0.25) is 0 Å². The fourth-order valence-electron chi connectivity index (χ4n) is 2.62. The van der Waals surface area contributed by atoms with E-state index in [-0.39, 0.29) is 11.8 Å². The first kappa shape index (κ1) is 23.2. The van der Waals surface area contributed by atoms with Gasteiger partial charge in [0.1, 0.15) is 0 Å². The van der Waals surface area contributed by atoms with Crippen molar-refractivity contribution < 1.29 is 8.42 Å². The van der Waals surface area contributed by atoms with Crippen molar-refractivity contribution in [3.8, 4) is 0 Å². The third-order valence-corrected chi connectivity index (χ3v) is 7.32. The molecule has 0 fully saturated rings. The zero-order valence-corrected chi connectivity index (χ0v) is 19.0. The minimum absolute atomic E-state index is 0.0423. The molecule has 7 nitrogen and oxygen atoms in total.